The van der Waals surface area contributed by atoms with Gasteiger partial charge in [-0.2, -0.15) is 0 Å². The number of nitrogens with two attached hydrogens (primary N) is 1. The largest absolute Gasteiger partial charge is 0.486 e. The van der Waals surface area contributed by atoms with E-state index in [0.717, 1.165) is 35.9 Å². The molecule has 108 valence electrons. The van der Waals surface area contributed by atoms with Crippen molar-refractivity contribution >= 4 is 5.71 Å². The fourth-order valence-electron chi connectivity index (χ4n) is 2.33. The number of hydrogen-bond donors (Lipinski definition) is 2. The summed E-state index contributed by atoms with van der Waals surface area (Å²) in [5.74, 6) is 1.84. The Balaban J connectivity index is 1.60. The van der Waals surface area contributed by atoms with Crippen LogP contribution in [0.25, 0.3) is 0 Å². The van der Waals surface area contributed by atoms with Crippen LogP contribution in [0.1, 0.15) is 5.56 Å². The molecule has 2 heterocycles. The van der Waals surface area contributed by atoms with Crippen molar-refractivity contribution in [1.29, 1.82) is 0 Å². The summed E-state index contributed by atoms with van der Waals surface area (Å²) in [6, 6.07) is 5.79. The number of nitrogens with one attached hydrogen (secondary N) is 1. The molecule has 0 amide bonds. The lowest BCUT2D eigenvalue weighted by molar-refractivity contribution is 0.128. The van der Waals surface area contributed by atoms with Crippen LogP contribution in [0.3, 0.4) is 0 Å². The van der Waals surface area contributed by atoms with Crippen molar-refractivity contribution in [2.45, 2.75) is 6.61 Å². The Kier molecular flexibility index (Phi) is 4.03. The Labute approximate surface area is 117 Å². The highest BCUT2D eigenvalue weighted by Crippen LogP contribution is 2.30. The third-order valence-corrected chi connectivity index (χ3v) is 3.47. The molecule has 2 aliphatic heterocycles. The average molecular weight is 277 g/mol. The van der Waals surface area contributed by atoms with Crippen LogP contribution in [-0.2, 0) is 11.4 Å². The number of hydrogen-bond acceptors (Lipinski definition) is 6. The molecule has 1 aromatic rings. The minimum atomic E-state index is 0.287. The second kappa shape index (κ2) is 6.11. The Morgan fingerprint density at radius 3 is 3.00 bits per heavy atom. The van der Waals surface area contributed by atoms with E-state index in [1.807, 2.05) is 18.2 Å². The van der Waals surface area contributed by atoms with E-state index in [2.05, 4.69) is 10.5 Å². The number of benzene rings is 1. The summed E-state index contributed by atoms with van der Waals surface area (Å²) in [6.07, 6.45) is 0. The normalized spacial score (nSPS) is 23.1. The third kappa shape index (κ3) is 2.86. The second-order valence-electron chi connectivity index (χ2n) is 4.90. The Morgan fingerprint density at radius 1 is 1.30 bits per heavy atom. The van der Waals surface area contributed by atoms with Crippen molar-refractivity contribution in [3.8, 4) is 11.5 Å². The summed E-state index contributed by atoms with van der Waals surface area (Å²) in [4.78, 5) is 5.42. The van der Waals surface area contributed by atoms with E-state index in [1.54, 1.807) is 0 Å². The number of oxime groups is 1. The number of rotatable bonds is 4. The zero-order valence-electron chi connectivity index (χ0n) is 11.3. The van der Waals surface area contributed by atoms with E-state index in [1.165, 1.54) is 0 Å². The van der Waals surface area contributed by atoms with Gasteiger partial charge in [-0.3, -0.25) is 0 Å². The fraction of sp³-hybridized carbons (Fsp3) is 0.500. The van der Waals surface area contributed by atoms with Crippen molar-refractivity contribution in [1.82, 2.24) is 5.32 Å². The Bertz CT molecular complexity index is 504. The third-order valence-electron chi connectivity index (χ3n) is 3.47. The molecule has 0 aromatic heterocycles. The van der Waals surface area contributed by atoms with Gasteiger partial charge >= 0.3 is 0 Å². The van der Waals surface area contributed by atoms with Crippen LogP contribution in [0.4, 0.5) is 0 Å². The average Bonchev–Trinajstić information content (AvgIpc) is 2.95. The monoisotopic (exact) mass is 277 g/mol. The molecule has 2 aliphatic rings. The molecule has 0 saturated carbocycles. The van der Waals surface area contributed by atoms with Crippen LogP contribution in [0.5, 0.6) is 11.5 Å². The van der Waals surface area contributed by atoms with Crippen LogP contribution in [0.15, 0.2) is 23.4 Å². The first kappa shape index (κ1) is 13.2. The van der Waals surface area contributed by atoms with Gasteiger partial charge in [0, 0.05) is 25.6 Å². The van der Waals surface area contributed by atoms with Crippen molar-refractivity contribution < 1.29 is 14.3 Å². The molecule has 0 bridgehead atoms. The van der Waals surface area contributed by atoms with E-state index in [0.29, 0.717) is 26.4 Å². The Hall–Kier alpha value is -1.79. The van der Waals surface area contributed by atoms with E-state index in [4.69, 9.17) is 20.0 Å². The van der Waals surface area contributed by atoms with Gasteiger partial charge < -0.3 is 25.4 Å². The van der Waals surface area contributed by atoms with Gasteiger partial charge in [-0.25, -0.2) is 0 Å². The smallest absolute Gasteiger partial charge is 0.161 e. The van der Waals surface area contributed by atoms with Crippen molar-refractivity contribution in [3.63, 3.8) is 0 Å². The molecule has 1 fully saturated rings. The summed E-state index contributed by atoms with van der Waals surface area (Å²) in [6.45, 7) is 3.83. The highest BCUT2D eigenvalue weighted by molar-refractivity contribution is 5.90. The summed E-state index contributed by atoms with van der Waals surface area (Å²) in [7, 11) is 0. The molecule has 1 aromatic carbocycles. The van der Waals surface area contributed by atoms with Gasteiger partial charge in [0.2, 0.25) is 0 Å². The predicted octanol–water partition coefficient (Wildman–Crippen LogP) is 0.508. The standard InChI is InChI=1S/C14H19N3O3/c15-6-11-7-16-8-12(11)17-20-9-10-1-2-13-14(5-10)19-4-3-18-13/h1-2,5,11,16H,3-4,6-9,15H2/b17-12+. The highest BCUT2D eigenvalue weighted by Gasteiger charge is 2.21. The number of fused-ring (bicyclic) bond motifs is 1. The summed E-state index contributed by atoms with van der Waals surface area (Å²) >= 11 is 0. The first-order valence-electron chi connectivity index (χ1n) is 6.85. The van der Waals surface area contributed by atoms with Crippen molar-refractivity contribution in [2.75, 3.05) is 32.8 Å². The van der Waals surface area contributed by atoms with E-state index in [9.17, 15) is 0 Å². The molecule has 20 heavy (non-hydrogen) atoms. The highest BCUT2D eigenvalue weighted by atomic mass is 16.6. The molecule has 6 nitrogen and oxygen atoms in total. The SMILES string of the molecule is NCC1CNC/C1=N\OCc1ccc2c(c1)OCCO2. The fourth-order valence-corrected chi connectivity index (χ4v) is 2.33. The van der Waals surface area contributed by atoms with Crippen molar-refractivity contribution in [3.05, 3.63) is 23.8 Å². The molecular weight excluding hydrogens is 258 g/mol. The minimum absolute atomic E-state index is 0.287. The van der Waals surface area contributed by atoms with Crippen molar-refractivity contribution in [2.24, 2.45) is 16.8 Å². The zero-order chi connectivity index (χ0) is 13.8. The lowest BCUT2D eigenvalue weighted by Gasteiger charge is -2.18. The minimum Gasteiger partial charge on any atom is -0.486 e. The maximum Gasteiger partial charge on any atom is 0.161 e. The van der Waals surface area contributed by atoms with Gasteiger partial charge in [0.05, 0.1) is 5.71 Å². The summed E-state index contributed by atoms with van der Waals surface area (Å²) in [5.41, 5.74) is 7.68. The van der Waals surface area contributed by atoms with Gasteiger partial charge in [-0.05, 0) is 17.7 Å². The molecule has 3 rings (SSSR count). The quantitative estimate of drug-likeness (QED) is 0.784. The van der Waals surface area contributed by atoms with Gasteiger partial charge in [0.15, 0.2) is 11.5 Å². The lowest BCUT2D eigenvalue weighted by atomic mass is 10.1. The molecule has 3 N–H and O–H groups in total. The maximum atomic E-state index is 5.68. The summed E-state index contributed by atoms with van der Waals surface area (Å²) in [5, 5.41) is 7.42. The molecule has 0 spiro atoms. The topological polar surface area (TPSA) is 78.1 Å². The predicted molar refractivity (Wildman–Crippen MR) is 75.1 cm³/mol. The van der Waals surface area contributed by atoms with E-state index >= 15 is 0 Å². The van der Waals surface area contributed by atoms with Gasteiger partial charge in [-0.1, -0.05) is 11.2 Å². The van der Waals surface area contributed by atoms with Crippen LogP contribution in [-0.4, -0.2) is 38.6 Å². The molecule has 6 heteroatoms. The second-order valence-corrected chi connectivity index (χ2v) is 4.90. The zero-order valence-corrected chi connectivity index (χ0v) is 11.3. The number of nitrogens with zero attached hydrogens (tertiary/aromatic N) is 1. The van der Waals surface area contributed by atoms with E-state index < -0.39 is 0 Å². The van der Waals surface area contributed by atoms with Crippen LogP contribution in [0.2, 0.25) is 0 Å². The number of ether oxygens (including phenoxy) is 2. The van der Waals surface area contributed by atoms with Crippen LogP contribution in [0, 0.1) is 5.92 Å². The first-order chi connectivity index (χ1) is 9.86. The Morgan fingerprint density at radius 2 is 2.15 bits per heavy atom. The van der Waals surface area contributed by atoms with Gasteiger partial charge in [0.1, 0.15) is 19.8 Å². The van der Waals surface area contributed by atoms with Crippen LogP contribution < -0.4 is 20.5 Å². The summed E-state index contributed by atoms with van der Waals surface area (Å²) < 4.78 is 11.0. The molecule has 1 saturated heterocycles. The molecule has 0 radical (unpaired) electrons. The van der Waals surface area contributed by atoms with Gasteiger partial charge in [0.25, 0.3) is 0 Å². The van der Waals surface area contributed by atoms with Crippen LogP contribution >= 0.6 is 0 Å². The maximum absolute atomic E-state index is 5.68. The molecule has 1 atom stereocenters. The molecule has 1 unspecified atom stereocenters. The molecular formula is C14H19N3O3. The van der Waals surface area contributed by atoms with Gasteiger partial charge in [-0.15, -0.1) is 0 Å². The first-order valence-corrected chi connectivity index (χ1v) is 6.85. The molecule has 0 aliphatic carbocycles. The lowest BCUT2D eigenvalue weighted by Crippen LogP contribution is -2.22. The van der Waals surface area contributed by atoms with E-state index in [-0.39, 0.29) is 5.92 Å².